The van der Waals surface area contributed by atoms with Gasteiger partial charge < -0.3 is 20.7 Å². The summed E-state index contributed by atoms with van der Waals surface area (Å²) in [7, 11) is -4.22. The number of hydrogen-bond donors (Lipinski definition) is 5. The average molecular weight is 584 g/mol. The van der Waals surface area contributed by atoms with E-state index in [-0.39, 0.29) is 41.1 Å². The molecule has 0 radical (unpaired) electrons. The second-order valence-corrected chi connectivity index (χ2v) is 12.0. The molecule has 0 saturated carbocycles. The van der Waals surface area contributed by atoms with Crippen LogP contribution in [-0.4, -0.2) is 54.1 Å². The van der Waals surface area contributed by atoms with Crippen LogP contribution in [0.2, 0.25) is 0 Å². The third kappa shape index (κ3) is 7.39. The van der Waals surface area contributed by atoms with E-state index in [4.69, 9.17) is 0 Å². The number of aromatic amines is 1. The van der Waals surface area contributed by atoms with Crippen molar-refractivity contribution < 1.29 is 23.1 Å². The number of carboxylic acid groups (broad SMARTS) is 1. The van der Waals surface area contributed by atoms with Crippen molar-refractivity contribution in [2.24, 2.45) is 0 Å². The molecule has 41 heavy (non-hydrogen) atoms. The summed E-state index contributed by atoms with van der Waals surface area (Å²) >= 11 is 0. The van der Waals surface area contributed by atoms with Gasteiger partial charge in [0, 0.05) is 19.0 Å². The number of benzene rings is 2. The number of hydrogen-bond acceptors (Lipinski definition) is 6. The standard InChI is InChI=1S/C29H37N5O6S/c1-15(2)31-29(38)30-12-8-9-21-10-11-23-22(13-21)27(35)33-25(32-23)14-24(28(36)37)34-41(39,40)26-19(6)17(4)16(3)18(5)20(26)7/h8-11,13,15,24,34H,12,14H2,1-7H3,(H,36,37)(H2,30,31,38)(H,32,33,35)/b9-8+/t24-/m0/s1. The van der Waals surface area contributed by atoms with Crippen LogP contribution in [0.5, 0.6) is 0 Å². The van der Waals surface area contributed by atoms with Crippen LogP contribution in [0.1, 0.15) is 53.1 Å². The van der Waals surface area contributed by atoms with Crippen LogP contribution in [-0.2, 0) is 21.2 Å². The number of H-pyrrole nitrogens is 1. The minimum atomic E-state index is -4.22. The molecular formula is C29H37N5O6S. The number of urea groups is 1. The van der Waals surface area contributed by atoms with Gasteiger partial charge in [0.1, 0.15) is 11.9 Å². The van der Waals surface area contributed by atoms with Gasteiger partial charge in [0.05, 0.1) is 15.8 Å². The van der Waals surface area contributed by atoms with E-state index in [1.807, 2.05) is 34.6 Å². The summed E-state index contributed by atoms with van der Waals surface area (Å²) in [6.45, 7) is 13.0. The lowest BCUT2D eigenvalue weighted by Gasteiger charge is -2.21. The van der Waals surface area contributed by atoms with Gasteiger partial charge in [0.15, 0.2) is 0 Å². The minimum absolute atomic E-state index is 0.0182. The molecule has 2 aromatic carbocycles. The third-order valence-corrected chi connectivity index (χ3v) is 8.83. The van der Waals surface area contributed by atoms with E-state index in [2.05, 4.69) is 25.3 Å². The van der Waals surface area contributed by atoms with Gasteiger partial charge in [-0.15, -0.1) is 0 Å². The van der Waals surface area contributed by atoms with Gasteiger partial charge in [-0.2, -0.15) is 4.72 Å². The molecule has 0 fully saturated rings. The maximum Gasteiger partial charge on any atom is 0.322 e. The topological polar surface area (TPSA) is 170 Å². The summed E-state index contributed by atoms with van der Waals surface area (Å²) in [6, 6.07) is 3.15. The molecule has 1 atom stereocenters. The molecule has 12 heteroatoms. The Morgan fingerprint density at radius 3 is 2.22 bits per heavy atom. The molecule has 3 rings (SSSR count). The van der Waals surface area contributed by atoms with Crippen LogP contribution >= 0.6 is 0 Å². The lowest BCUT2D eigenvalue weighted by atomic mass is 9.95. The minimum Gasteiger partial charge on any atom is -0.480 e. The predicted octanol–water partition coefficient (Wildman–Crippen LogP) is 3.16. The highest BCUT2D eigenvalue weighted by Crippen LogP contribution is 2.29. The molecule has 2 amide bonds. The van der Waals surface area contributed by atoms with Crippen LogP contribution in [0.3, 0.4) is 0 Å². The van der Waals surface area contributed by atoms with Crippen molar-refractivity contribution in [3.63, 3.8) is 0 Å². The SMILES string of the molecule is Cc1c(C)c(C)c(S(=O)(=O)N[C@@H](Cc2nc3ccc(/C=C/CNC(=O)NC(C)C)cc3c(=O)[nH]2)C(=O)O)c(C)c1C. The molecule has 0 saturated heterocycles. The van der Waals surface area contributed by atoms with Gasteiger partial charge >= 0.3 is 12.0 Å². The van der Waals surface area contributed by atoms with Crippen molar-refractivity contribution in [2.75, 3.05) is 6.54 Å². The second kappa shape index (κ2) is 12.6. The van der Waals surface area contributed by atoms with Crippen LogP contribution in [0.4, 0.5) is 4.79 Å². The summed E-state index contributed by atoms with van der Waals surface area (Å²) in [5.74, 6) is -1.37. The summed E-state index contributed by atoms with van der Waals surface area (Å²) in [5.41, 5.74) is 4.28. The quantitative estimate of drug-likeness (QED) is 0.244. The Morgan fingerprint density at radius 2 is 1.63 bits per heavy atom. The first kappa shape index (κ1) is 31.5. The van der Waals surface area contributed by atoms with E-state index in [0.29, 0.717) is 22.2 Å². The number of fused-ring (bicyclic) bond motifs is 1. The van der Waals surface area contributed by atoms with Gasteiger partial charge in [0.25, 0.3) is 5.56 Å². The zero-order chi connectivity index (χ0) is 30.6. The van der Waals surface area contributed by atoms with Crippen LogP contribution in [0.25, 0.3) is 17.0 Å². The predicted molar refractivity (Wildman–Crippen MR) is 159 cm³/mol. The average Bonchev–Trinajstić information content (AvgIpc) is 2.88. The Bertz CT molecular complexity index is 1660. The largest absolute Gasteiger partial charge is 0.480 e. The smallest absolute Gasteiger partial charge is 0.322 e. The summed E-state index contributed by atoms with van der Waals surface area (Å²) in [5, 5.41) is 15.5. The van der Waals surface area contributed by atoms with E-state index in [0.717, 1.165) is 16.7 Å². The Kier molecular flexibility index (Phi) is 9.72. The number of amides is 2. The van der Waals surface area contributed by atoms with Crippen LogP contribution < -0.4 is 20.9 Å². The number of rotatable bonds is 10. The molecule has 220 valence electrons. The molecule has 0 bridgehead atoms. The number of carbonyl (C=O) groups excluding carboxylic acids is 1. The highest BCUT2D eigenvalue weighted by atomic mass is 32.2. The first-order valence-corrected chi connectivity index (χ1v) is 14.7. The Hall–Kier alpha value is -4.03. The first-order valence-electron chi connectivity index (χ1n) is 13.2. The number of carbonyl (C=O) groups is 2. The summed E-state index contributed by atoms with van der Waals surface area (Å²) in [6.07, 6.45) is 3.12. The van der Waals surface area contributed by atoms with Crippen molar-refractivity contribution in [3.8, 4) is 0 Å². The van der Waals surface area contributed by atoms with Crippen LogP contribution in [0.15, 0.2) is 34.0 Å². The molecule has 0 aliphatic rings. The molecule has 0 aliphatic carbocycles. The zero-order valence-corrected chi connectivity index (χ0v) is 25.1. The molecule has 1 aromatic heterocycles. The van der Waals surface area contributed by atoms with Crippen molar-refractivity contribution in [1.29, 1.82) is 0 Å². The van der Waals surface area contributed by atoms with E-state index >= 15 is 0 Å². The molecule has 0 unspecified atom stereocenters. The van der Waals surface area contributed by atoms with Crippen LogP contribution in [0, 0.1) is 34.6 Å². The van der Waals surface area contributed by atoms with Gasteiger partial charge in [-0.05, 0) is 94.0 Å². The highest BCUT2D eigenvalue weighted by Gasteiger charge is 2.30. The van der Waals surface area contributed by atoms with E-state index in [1.54, 1.807) is 44.2 Å². The second-order valence-electron chi connectivity index (χ2n) is 10.4. The Labute approximate surface area is 239 Å². The van der Waals surface area contributed by atoms with Gasteiger partial charge in [-0.1, -0.05) is 18.2 Å². The fourth-order valence-electron chi connectivity index (χ4n) is 4.55. The number of aliphatic carboxylic acids is 1. The van der Waals surface area contributed by atoms with Crippen molar-refractivity contribution >= 4 is 39.0 Å². The normalized spacial score (nSPS) is 12.7. The summed E-state index contributed by atoms with van der Waals surface area (Å²) in [4.78, 5) is 43.6. The molecule has 11 nitrogen and oxygen atoms in total. The van der Waals surface area contributed by atoms with Crippen molar-refractivity contribution in [1.82, 2.24) is 25.3 Å². The molecule has 3 aromatic rings. The fraction of sp³-hybridized carbons (Fsp3) is 0.379. The van der Waals surface area contributed by atoms with Crippen molar-refractivity contribution in [2.45, 2.75) is 71.9 Å². The Morgan fingerprint density at radius 1 is 1.02 bits per heavy atom. The van der Waals surface area contributed by atoms with E-state index < -0.39 is 27.6 Å². The zero-order valence-electron chi connectivity index (χ0n) is 24.3. The third-order valence-electron chi connectivity index (χ3n) is 7.08. The maximum absolute atomic E-state index is 13.4. The number of nitrogens with one attached hydrogen (secondary N) is 4. The van der Waals surface area contributed by atoms with Crippen molar-refractivity contribution in [3.05, 3.63) is 73.8 Å². The lowest BCUT2D eigenvalue weighted by molar-refractivity contribution is -0.139. The fourth-order valence-corrected chi connectivity index (χ4v) is 6.34. The number of carboxylic acids is 1. The van der Waals surface area contributed by atoms with Gasteiger partial charge in [-0.3, -0.25) is 9.59 Å². The van der Waals surface area contributed by atoms with E-state index in [9.17, 15) is 27.9 Å². The summed E-state index contributed by atoms with van der Waals surface area (Å²) < 4.78 is 29.1. The number of aromatic nitrogens is 2. The monoisotopic (exact) mass is 583 g/mol. The maximum atomic E-state index is 13.4. The Balaban J connectivity index is 1.83. The molecule has 5 N–H and O–H groups in total. The number of sulfonamides is 1. The lowest BCUT2D eigenvalue weighted by Crippen LogP contribution is -2.43. The highest BCUT2D eigenvalue weighted by molar-refractivity contribution is 7.89. The van der Waals surface area contributed by atoms with E-state index in [1.165, 1.54) is 0 Å². The van der Waals surface area contributed by atoms with Gasteiger partial charge in [0.2, 0.25) is 10.0 Å². The first-order chi connectivity index (χ1) is 19.1. The molecule has 0 aliphatic heterocycles. The molecular weight excluding hydrogens is 546 g/mol. The molecule has 0 spiro atoms. The number of nitrogens with zero attached hydrogens (tertiary/aromatic N) is 1. The molecule has 1 heterocycles. The van der Waals surface area contributed by atoms with Gasteiger partial charge in [-0.25, -0.2) is 18.2 Å².